The van der Waals surface area contributed by atoms with Crippen LogP contribution in [0.3, 0.4) is 0 Å². The number of amidine groups is 1. The summed E-state index contributed by atoms with van der Waals surface area (Å²) in [5.41, 5.74) is 6.78. The van der Waals surface area contributed by atoms with E-state index in [0.29, 0.717) is 21.3 Å². The van der Waals surface area contributed by atoms with E-state index in [1.165, 1.54) is 24.4 Å². The second-order valence-corrected chi connectivity index (χ2v) is 10.9. The molecule has 1 amide bonds. The van der Waals surface area contributed by atoms with E-state index < -0.39 is 5.97 Å². The molecule has 0 N–H and O–H groups in total. The van der Waals surface area contributed by atoms with Gasteiger partial charge in [-0.1, -0.05) is 32.9 Å². The van der Waals surface area contributed by atoms with Gasteiger partial charge in [0.2, 0.25) is 0 Å². The van der Waals surface area contributed by atoms with Crippen LogP contribution in [0.25, 0.3) is 11.8 Å². The van der Waals surface area contributed by atoms with Crippen LogP contribution in [0, 0.1) is 13.8 Å². The molecule has 7 heteroatoms. The molecule has 0 saturated carbocycles. The normalized spacial score (nSPS) is 16.3. The van der Waals surface area contributed by atoms with Gasteiger partial charge in [-0.25, -0.2) is 9.79 Å². The molecular weight excluding hydrogens is 470 g/mol. The quantitative estimate of drug-likeness (QED) is 0.306. The first kappa shape index (κ1) is 25.5. The number of methoxy groups -OCH3 is 1. The lowest BCUT2D eigenvalue weighted by molar-refractivity contribution is -0.121. The minimum atomic E-state index is -0.398. The fourth-order valence-electron chi connectivity index (χ4n) is 4.13. The Morgan fingerprint density at radius 1 is 1.03 bits per heavy atom. The van der Waals surface area contributed by atoms with Gasteiger partial charge in [0, 0.05) is 24.1 Å². The highest BCUT2D eigenvalue weighted by atomic mass is 32.2. The Morgan fingerprint density at radius 3 is 2.25 bits per heavy atom. The number of benzene rings is 2. The molecule has 2 heterocycles. The van der Waals surface area contributed by atoms with Gasteiger partial charge in [-0.3, -0.25) is 9.69 Å². The number of likely N-dealkylation sites (N-methyl/N-ethyl adjacent to an activating group) is 1. The molecule has 0 atom stereocenters. The summed E-state index contributed by atoms with van der Waals surface area (Å²) in [7, 11) is 3.07. The lowest BCUT2D eigenvalue weighted by Gasteiger charge is -2.20. The number of aryl methyl sites for hydroxylation is 1. The number of amides is 1. The molecule has 36 heavy (non-hydrogen) atoms. The highest BCUT2D eigenvalue weighted by Crippen LogP contribution is 2.35. The van der Waals surface area contributed by atoms with Crippen LogP contribution in [0.2, 0.25) is 0 Å². The van der Waals surface area contributed by atoms with E-state index in [0.717, 1.165) is 22.6 Å². The van der Waals surface area contributed by atoms with E-state index in [-0.39, 0.29) is 11.3 Å². The number of thioether (sulfide) groups is 1. The van der Waals surface area contributed by atoms with Gasteiger partial charge in [-0.2, -0.15) is 0 Å². The zero-order chi connectivity index (χ0) is 26.2. The lowest BCUT2D eigenvalue weighted by Crippen LogP contribution is -2.23. The third-order valence-electron chi connectivity index (χ3n) is 6.27. The van der Waals surface area contributed by atoms with Crippen LogP contribution in [-0.2, 0) is 14.9 Å². The monoisotopic (exact) mass is 501 g/mol. The summed E-state index contributed by atoms with van der Waals surface area (Å²) in [4.78, 5) is 31.4. The van der Waals surface area contributed by atoms with Crippen molar-refractivity contribution in [1.29, 1.82) is 0 Å². The van der Waals surface area contributed by atoms with Crippen molar-refractivity contribution in [3.63, 3.8) is 0 Å². The molecule has 1 saturated heterocycles. The highest BCUT2D eigenvalue weighted by Gasteiger charge is 2.31. The number of aromatic nitrogens is 1. The Labute approximate surface area is 216 Å². The summed E-state index contributed by atoms with van der Waals surface area (Å²) in [6.45, 7) is 10.8. The highest BCUT2D eigenvalue weighted by molar-refractivity contribution is 8.18. The molecule has 3 aromatic rings. The molecule has 1 aliphatic rings. The number of carbonyl (C=O) groups is 2. The number of esters is 1. The minimum absolute atomic E-state index is 0.0933. The minimum Gasteiger partial charge on any atom is -0.465 e. The predicted molar refractivity (Wildman–Crippen MR) is 147 cm³/mol. The first-order valence-corrected chi connectivity index (χ1v) is 12.6. The average Bonchev–Trinajstić information content (AvgIpc) is 3.27. The topological polar surface area (TPSA) is 63.9 Å². The maximum Gasteiger partial charge on any atom is 0.337 e. The van der Waals surface area contributed by atoms with Crippen LogP contribution in [0.1, 0.15) is 53.6 Å². The molecule has 0 spiro atoms. The van der Waals surface area contributed by atoms with Crippen molar-refractivity contribution >= 4 is 40.6 Å². The molecule has 0 bridgehead atoms. The van der Waals surface area contributed by atoms with Gasteiger partial charge < -0.3 is 9.30 Å². The molecule has 1 aliphatic heterocycles. The molecule has 6 nitrogen and oxygen atoms in total. The van der Waals surface area contributed by atoms with Gasteiger partial charge in [0.25, 0.3) is 5.91 Å². The van der Waals surface area contributed by atoms with Crippen molar-refractivity contribution < 1.29 is 14.3 Å². The van der Waals surface area contributed by atoms with Gasteiger partial charge in [0.15, 0.2) is 5.17 Å². The zero-order valence-corrected chi connectivity index (χ0v) is 22.6. The second-order valence-electron chi connectivity index (χ2n) is 9.87. The Bertz CT molecular complexity index is 1370. The van der Waals surface area contributed by atoms with E-state index in [1.807, 2.05) is 6.08 Å². The molecule has 2 aromatic carbocycles. The first-order valence-electron chi connectivity index (χ1n) is 11.7. The van der Waals surface area contributed by atoms with E-state index in [2.05, 4.69) is 74.5 Å². The summed E-state index contributed by atoms with van der Waals surface area (Å²) in [6, 6.07) is 17.5. The number of hydrogen-bond acceptors (Lipinski definition) is 5. The van der Waals surface area contributed by atoms with Gasteiger partial charge in [-0.15, -0.1) is 0 Å². The fourth-order valence-corrected chi connectivity index (χ4v) is 5.11. The van der Waals surface area contributed by atoms with Gasteiger partial charge >= 0.3 is 5.97 Å². The van der Waals surface area contributed by atoms with Gasteiger partial charge in [0.05, 0.1) is 23.3 Å². The third-order valence-corrected chi connectivity index (χ3v) is 7.33. The molecule has 4 rings (SSSR count). The Kier molecular flexibility index (Phi) is 6.96. The van der Waals surface area contributed by atoms with Crippen molar-refractivity contribution in [2.24, 2.45) is 4.99 Å². The molecule has 0 radical (unpaired) electrons. The van der Waals surface area contributed by atoms with Crippen molar-refractivity contribution in [3.8, 4) is 5.69 Å². The number of nitrogens with zero attached hydrogens (tertiary/aromatic N) is 3. The molecule has 0 unspecified atom stereocenters. The Hall–Kier alpha value is -3.58. The summed E-state index contributed by atoms with van der Waals surface area (Å²) in [5.74, 6) is -0.492. The van der Waals surface area contributed by atoms with E-state index >= 15 is 0 Å². The summed E-state index contributed by atoms with van der Waals surface area (Å²) in [5, 5.41) is 0.587. The summed E-state index contributed by atoms with van der Waals surface area (Å²) < 4.78 is 6.95. The number of ether oxygens (including phenoxy) is 1. The molecule has 1 fully saturated rings. The van der Waals surface area contributed by atoms with Crippen LogP contribution in [0.4, 0.5) is 5.69 Å². The van der Waals surface area contributed by atoms with Gasteiger partial charge in [0.1, 0.15) is 0 Å². The summed E-state index contributed by atoms with van der Waals surface area (Å²) >= 11 is 1.34. The molecule has 1 aromatic heterocycles. The predicted octanol–water partition coefficient (Wildman–Crippen LogP) is 6.41. The zero-order valence-electron chi connectivity index (χ0n) is 21.7. The lowest BCUT2D eigenvalue weighted by atomic mass is 9.87. The van der Waals surface area contributed by atoms with E-state index in [1.54, 1.807) is 36.2 Å². The van der Waals surface area contributed by atoms with Crippen molar-refractivity contribution in [3.05, 3.63) is 87.6 Å². The van der Waals surface area contributed by atoms with Crippen molar-refractivity contribution in [1.82, 2.24) is 9.47 Å². The van der Waals surface area contributed by atoms with E-state index in [4.69, 9.17) is 4.74 Å². The number of rotatable bonds is 4. The number of aliphatic imine (C=N–C) groups is 1. The van der Waals surface area contributed by atoms with Crippen LogP contribution >= 0.6 is 11.8 Å². The smallest absolute Gasteiger partial charge is 0.337 e. The largest absolute Gasteiger partial charge is 0.465 e. The number of hydrogen-bond donors (Lipinski definition) is 0. The molecular formula is C29H31N3O3S. The van der Waals surface area contributed by atoms with Crippen LogP contribution in [0.5, 0.6) is 0 Å². The second kappa shape index (κ2) is 9.82. The molecule has 0 aliphatic carbocycles. The first-order chi connectivity index (χ1) is 17.0. The van der Waals surface area contributed by atoms with Gasteiger partial charge in [-0.05, 0) is 90.7 Å². The van der Waals surface area contributed by atoms with E-state index in [9.17, 15) is 9.59 Å². The number of carbonyl (C=O) groups excluding carboxylic acids is 2. The molecule has 186 valence electrons. The van der Waals surface area contributed by atoms with Crippen molar-refractivity contribution in [2.45, 2.75) is 40.0 Å². The maximum absolute atomic E-state index is 13.0. The SMILES string of the molecule is COC(=O)c1ccc(N=C2S/C(=C\c3cc(C)n(-c4ccc(C(C)(C)C)cc4)c3C)C(=O)N2C)cc1. The third kappa shape index (κ3) is 5.02. The Balaban J connectivity index is 1.61. The van der Waals surface area contributed by atoms with Crippen LogP contribution in [0.15, 0.2) is 64.5 Å². The van der Waals surface area contributed by atoms with Crippen LogP contribution in [-0.4, -0.2) is 40.7 Å². The average molecular weight is 502 g/mol. The Morgan fingerprint density at radius 2 is 1.67 bits per heavy atom. The standard InChI is InChI=1S/C29H31N3O3S/c1-18-16-21(19(2)32(18)24-14-10-22(11-15-24)29(3,4)5)17-25-26(33)31(6)28(36-25)30-23-12-8-20(9-13-23)27(34)35-7/h8-17H,1-7H3/b25-17-,30-28?. The van der Waals surface area contributed by atoms with Crippen LogP contribution < -0.4 is 0 Å². The van der Waals surface area contributed by atoms with Crippen molar-refractivity contribution in [2.75, 3.05) is 14.2 Å². The fraction of sp³-hybridized carbons (Fsp3) is 0.276. The maximum atomic E-state index is 13.0. The summed E-state index contributed by atoms with van der Waals surface area (Å²) in [6.07, 6.45) is 1.94.